The first-order valence-electron chi connectivity index (χ1n) is 6.25. The molecule has 98 valence electrons. The van der Waals surface area contributed by atoms with Crippen molar-refractivity contribution in [1.82, 2.24) is 0 Å². The summed E-state index contributed by atoms with van der Waals surface area (Å²) in [4.78, 5) is 0. The van der Waals surface area contributed by atoms with E-state index < -0.39 is 0 Å². The molecule has 1 rings (SSSR count). The molecule has 2 nitrogen and oxygen atoms in total. The molecule has 0 fully saturated rings. The van der Waals surface area contributed by atoms with Crippen LogP contribution in [0.25, 0.3) is 0 Å². The second-order valence-corrected chi connectivity index (χ2v) is 5.21. The van der Waals surface area contributed by atoms with Crippen molar-refractivity contribution in [3.05, 3.63) is 29.6 Å². The van der Waals surface area contributed by atoms with Gasteiger partial charge in [-0.05, 0) is 51.7 Å². The van der Waals surface area contributed by atoms with Crippen molar-refractivity contribution in [3.8, 4) is 11.8 Å². The first kappa shape index (κ1) is 14.5. The van der Waals surface area contributed by atoms with Gasteiger partial charge < -0.3 is 4.74 Å². The van der Waals surface area contributed by atoms with E-state index in [4.69, 9.17) is 10.00 Å². The summed E-state index contributed by atoms with van der Waals surface area (Å²) in [5, 5.41) is 8.86. The molecular formula is C15H20FNO. The van der Waals surface area contributed by atoms with E-state index in [1.54, 1.807) is 19.1 Å². The van der Waals surface area contributed by atoms with Gasteiger partial charge >= 0.3 is 0 Å². The lowest BCUT2D eigenvalue weighted by molar-refractivity contribution is 0.293. The molecule has 0 aromatic heterocycles. The molecule has 1 aromatic carbocycles. The molecule has 0 N–H and O–H groups in total. The largest absolute Gasteiger partial charge is 0.493 e. The lowest BCUT2D eigenvalue weighted by Crippen LogP contribution is -2.08. The topological polar surface area (TPSA) is 33.0 Å². The predicted octanol–water partition coefficient (Wildman–Crippen LogP) is 4.23. The molecule has 0 saturated carbocycles. The Bertz CT molecular complexity index is 435. The van der Waals surface area contributed by atoms with Crippen molar-refractivity contribution >= 4 is 0 Å². The summed E-state index contributed by atoms with van der Waals surface area (Å²) in [6.45, 7) is 6.15. The molecule has 0 aliphatic heterocycles. The first-order valence-corrected chi connectivity index (χ1v) is 6.25. The van der Waals surface area contributed by atoms with Crippen LogP contribution in [0.15, 0.2) is 18.2 Å². The Balaban J connectivity index is 2.26. The Morgan fingerprint density at radius 2 is 2.06 bits per heavy atom. The van der Waals surface area contributed by atoms with E-state index in [1.807, 2.05) is 13.8 Å². The molecule has 0 unspecified atom stereocenters. The third-order valence-electron chi connectivity index (χ3n) is 2.91. The van der Waals surface area contributed by atoms with E-state index >= 15 is 0 Å². The van der Waals surface area contributed by atoms with Crippen LogP contribution in [0.4, 0.5) is 4.39 Å². The molecule has 0 radical (unpaired) electrons. The molecule has 0 aliphatic rings. The number of unbranched alkanes of at least 4 members (excludes halogenated alkanes) is 1. The van der Waals surface area contributed by atoms with Crippen LogP contribution in [0.3, 0.4) is 0 Å². The lowest BCUT2D eigenvalue weighted by atomic mass is 9.89. The molecule has 0 saturated heterocycles. The molecule has 0 amide bonds. The fourth-order valence-electron chi connectivity index (χ4n) is 1.58. The highest BCUT2D eigenvalue weighted by molar-refractivity contribution is 5.27. The highest BCUT2D eigenvalue weighted by Gasteiger charge is 2.15. The van der Waals surface area contributed by atoms with Crippen LogP contribution in [0, 0.1) is 29.5 Å². The molecule has 0 atom stereocenters. The highest BCUT2D eigenvalue weighted by atomic mass is 19.1. The number of aryl methyl sites for hydroxylation is 1. The van der Waals surface area contributed by atoms with Gasteiger partial charge in [0, 0.05) is 6.07 Å². The Hall–Kier alpha value is -1.56. The molecule has 3 heteroatoms. The fraction of sp³-hybridized carbons (Fsp3) is 0.533. The minimum absolute atomic E-state index is 0.238. The number of benzene rings is 1. The van der Waals surface area contributed by atoms with Crippen LogP contribution in [0.2, 0.25) is 0 Å². The van der Waals surface area contributed by atoms with Crippen LogP contribution in [0.5, 0.6) is 5.75 Å². The van der Waals surface area contributed by atoms with Crippen molar-refractivity contribution in [2.45, 2.75) is 40.0 Å². The highest BCUT2D eigenvalue weighted by Crippen LogP contribution is 2.22. The van der Waals surface area contributed by atoms with Gasteiger partial charge in [0.25, 0.3) is 0 Å². The van der Waals surface area contributed by atoms with Crippen molar-refractivity contribution in [1.29, 1.82) is 5.26 Å². The second kappa shape index (κ2) is 6.39. The molecule has 0 aliphatic carbocycles. The summed E-state index contributed by atoms with van der Waals surface area (Å²) in [6.07, 6.45) is 2.67. The van der Waals surface area contributed by atoms with Gasteiger partial charge in [-0.3, -0.25) is 0 Å². The molecule has 0 spiro atoms. The third kappa shape index (κ3) is 4.75. The van der Waals surface area contributed by atoms with Gasteiger partial charge in [0.2, 0.25) is 0 Å². The lowest BCUT2D eigenvalue weighted by Gasteiger charge is -2.14. The number of hydrogen-bond acceptors (Lipinski definition) is 2. The van der Waals surface area contributed by atoms with Crippen molar-refractivity contribution in [3.63, 3.8) is 0 Å². The van der Waals surface area contributed by atoms with Crippen molar-refractivity contribution < 1.29 is 9.13 Å². The Kier molecular flexibility index (Phi) is 5.15. The summed E-state index contributed by atoms with van der Waals surface area (Å²) in [5.41, 5.74) is 0.355. The number of ether oxygens (including phenoxy) is 1. The minimum atomic E-state index is -0.268. The summed E-state index contributed by atoms with van der Waals surface area (Å²) in [7, 11) is 0. The number of hydrogen-bond donors (Lipinski definition) is 0. The SMILES string of the molecule is Cc1ccc(OCCCCC(C)(C)C#N)cc1F. The van der Waals surface area contributed by atoms with Crippen LogP contribution < -0.4 is 4.74 Å². The third-order valence-corrected chi connectivity index (χ3v) is 2.91. The number of nitrogens with zero attached hydrogens (tertiary/aromatic N) is 1. The van der Waals surface area contributed by atoms with Gasteiger partial charge in [-0.15, -0.1) is 0 Å². The van der Waals surface area contributed by atoms with Crippen LogP contribution in [0.1, 0.15) is 38.7 Å². The summed E-state index contributed by atoms with van der Waals surface area (Å²) >= 11 is 0. The van der Waals surface area contributed by atoms with Crippen molar-refractivity contribution in [2.24, 2.45) is 5.41 Å². The van der Waals surface area contributed by atoms with Gasteiger partial charge in [0.1, 0.15) is 11.6 Å². The van der Waals surface area contributed by atoms with Crippen LogP contribution >= 0.6 is 0 Å². The second-order valence-electron chi connectivity index (χ2n) is 5.21. The Labute approximate surface area is 108 Å². The minimum Gasteiger partial charge on any atom is -0.493 e. The molecule has 18 heavy (non-hydrogen) atoms. The normalized spacial score (nSPS) is 11.1. The quantitative estimate of drug-likeness (QED) is 0.707. The van der Waals surface area contributed by atoms with Crippen LogP contribution in [-0.2, 0) is 0 Å². The first-order chi connectivity index (χ1) is 8.44. The fourth-order valence-corrected chi connectivity index (χ4v) is 1.58. The van der Waals surface area contributed by atoms with E-state index in [0.29, 0.717) is 17.9 Å². The zero-order valence-corrected chi connectivity index (χ0v) is 11.3. The van der Waals surface area contributed by atoms with E-state index in [-0.39, 0.29) is 11.2 Å². The maximum Gasteiger partial charge on any atom is 0.129 e. The summed E-state index contributed by atoms with van der Waals surface area (Å²) in [5.74, 6) is 0.329. The standard InChI is InChI=1S/C15H20FNO/c1-12-6-7-13(10-14(12)16)18-9-5-4-8-15(2,3)11-17/h6-7,10H,4-5,8-9H2,1-3H3. The van der Waals surface area contributed by atoms with Crippen LogP contribution in [-0.4, -0.2) is 6.61 Å². The van der Waals surface area contributed by atoms with E-state index in [0.717, 1.165) is 19.3 Å². The molecule has 0 heterocycles. The predicted molar refractivity (Wildman–Crippen MR) is 69.9 cm³/mol. The maximum absolute atomic E-state index is 13.2. The van der Waals surface area contributed by atoms with Gasteiger partial charge in [-0.25, -0.2) is 4.39 Å². The smallest absolute Gasteiger partial charge is 0.129 e. The monoisotopic (exact) mass is 249 g/mol. The molecular weight excluding hydrogens is 229 g/mol. The van der Waals surface area contributed by atoms with Gasteiger partial charge in [0.15, 0.2) is 0 Å². The van der Waals surface area contributed by atoms with Crippen molar-refractivity contribution in [2.75, 3.05) is 6.61 Å². The number of nitriles is 1. The van der Waals surface area contributed by atoms with E-state index in [2.05, 4.69) is 6.07 Å². The van der Waals surface area contributed by atoms with Gasteiger partial charge in [-0.1, -0.05) is 6.07 Å². The molecule has 1 aromatic rings. The average Bonchev–Trinajstić information content (AvgIpc) is 2.33. The summed E-state index contributed by atoms with van der Waals surface area (Å²) in [6, 6.07) is 7.17. The maximum atomic E-state index is 13.2. The average molecular weight is 249 g/mol. The Morgan fingerprint density at radius 3 is 2.67 bits per heavy atom. The Morgan fingerprint density at radius 1 is 1.33 bits per heavy atom. The molecule has 0 bridgehead atoms. The van der Waals surface area contributed by atoms with Gasteiger partial charge in [0.05, 0.1) is 18.1 Å². The van der Waals surface area contributed by atoms with E-state index in [9.17, 15) is 4.39 Å². The number of halogens is 1. The zero-order valence-electron chi connectivity index (χ0n) is 11.3. The van der Waals surface area contributed by atoms with E-state index in [1.165, 1.54) is 6.07 Å². The zero-order chi connectivity index (χ0) is 13.6. The number of rotatable bonds is 6. The van der Waals surface area contributed by atoms with Gasteiger partial charge in [-0.2, -0.15) is 5.26 Å². The summed E-state index contributed by atoms with van der Waals surface area (Å²) < 4.78 is 18.7.